The van der Waals surface area contributed by atoms with Gasteiger partial charge in [0.1, 0.15) is 0 Å². The third-order valence-corrected chi connectivity index (χ3v) is 5.69. The lowest BCUT2D eigenvalue weighted by Gasteiger charge is -2.36. The van der Waals surface area contributed by atoms with Crippen LogP contribution in [-0.2, 0) is 0 Å². The van der Waals surface area contributed by atoms with Gasteiger partial charge in [-0.2, -0.15) is 0 Å². The Labute approximate surface area is 167 Å². The van der Waals surface area contributed by atoms with Crippen molar-refractivity contribution in [2.24, 2.45) is 0 Å². The van der Waals surface area contributed by atoms with Gasteiger partial charge in [-0.25, -0.2) is 0 Å². The molecule has 1 aliphatic rings. The fraction of sp³-hybridized carbons (Fsp3) is 0.0952. The van der Waals surface area contributed by atoms with Crippen molar-refractivity contribution in [1.29, 1.82) is 0 Å². The van der Waals surface area contributed by atoms with Gasteiger partial charge in [-0.3, -0.25) is 0 Å². The maximum Gasteiger partial charge on any atom is 0.168 e. The number of aliphatic hydroxyl groups excluding tert-OH is 1. The molecule has 1 unspecified atom stereocenters. The van der Waals surface area contributed by atoms with Crippen LogP contribution in [-0.4, -0.2) is 17.2 Å². The van der Waals surface area contributed by atoms with Crippen LogP contribution >= 0.6 is 35.4 Å². The van der Waals surface area contributed by atoms with Crippen LogP contribution in [0.15, 0.2) is 60.7 Å². The number of para-hydroxylation sites is 1. The van der Waals surface area contributed by atoms with Gasteiger partial charge >= 0.3 is 0 Å². The first-order valence-electron chi connectivity index (χ1n) is 8.13. The first-order valence-corrected chi connectivity index (χ1v) is 9.30. The lowest BCUT2D eigenvalue weighted by atomic mass is 9.81. The van der Waals surface area contributed by atoms with Gasteiger partial charge < -0.3 is 10.0 Å². The molecule has 0 saturated carbocycles. The number of thiocarbonyl (C=S) groups is 1. The number of hydrogen-bond acceptors (Lipinski definition) is 2. The number of halogens is 2. The minimum atomic E-state index is -0.420. The minimum Gasteiger partial charge on any atom is -0.501 e. The Bertz CT molecular complexity index is 1010. The summed E-state index contributed by atoms with van der Waals surface area (Å²) in [5.74, 6) is -0.420. The van der Waals surface area contributed by atoms with E-state index in [1.807, 2.05) is 67.7 Å². The van der Waals surface area contributed by atoms with Crippen LogP contribution in [0.1, 0.15) is 17.0 Å². The molecule has 1 N–H and O–H groups in total. The summed E-state index contributed by atoms with van der Waals surface area (Å²) in [6.45, 7) is 0. The molecular formula is C21H15Cl2NOS. The Morgan fingerprint density at radius 3 is 2.23 bits per heavy atom. The third-order valence-electron chi connectivity index (χ3n) is 4.82. The summed E-state index contributed by atoms with van der Waals surface area (Å²) in [6.07, 6.45) is 0. The molecule has 5 heteroatoms. The number of hydrogen-bond donors (Lipinski definition) is 1. The monoisotopic (exact) mass is 399 g/mol. The molecule has 2 nitrogen and oxygen atoms in total. The predicted molar refractivity (Wildman–Crippen MR) is 113 cm³/mol. The summed E-state index contributed by atoms with van der Waals surface area (Å²) < 4.78 is 0. The van der Waals surface area contributed by atoms with E-state index >= 15 is 0 Å². The summed E-state index contributed by atoms with van der Waals surface area (Å²) in [5, 5.41) is 11.5. The number of rotatable bonds is 2. The largest absolute Gasteiger partial charge is 0.501 e. The van der Waals surface area contributed by atoms with Crippen molar-refractivity contribution < 1.29 is 5.11 Å². The zero-order valence-electron chi connectivity index (χ0n) is 13.9. The highest BCUT2D eigenvalue weighted by Crippen LogP contribution is 2.50. The van der Waals surface area contributed by atoms with Crippen molar-refractivity contribution in [2.45, 2.75) is 5.92 Å². The molecule has 0 radical (unpaired) electrons. The molecule has 0 aromatic heterocycles. The highest BCUT2D eigenvalue weighted by molar-refractivity contribution is 7.80. The topological polar surface area (TPSA) is 23.5 Å². The molecule has 1 aliphatic heterocycles. The Hall–Kier alpha value is -2.07. The average molecular weight is 400 g/mol. The Morgan fingerprint density at radius 2 is 1.54 bits per heavy atom. The van der Waals surface area contributed by atoms with Gasteiger partial charge in [0.05, 0.1) is 5.92 Å². The second-order valence-corrected chi connectivity index (χ2v) is 7.46. The summed E-state index contributed by atoms with van der Waals surface area (Å²) >= 11 is 18.2. The molecule has 26 heavy (non-hydrogen) atoms. The van der Waals surface area contributed by atoms with Crippen LogP contribution in [0.4, 0.5) is 11.4 Å². The van der Waals surface area contributed by atoms with Gasteiger partial charge in [-0.05, 0) is 53.2 Å². The normalized spacial score (nSPS) is 15.3. The summed E-state index contributed by atoms with van der Waals surface area (Å²) in [6, 6.07) is 19.4. The number of nitrogens with zero attached hydrogens (tertiary/aromatic N) is 1. The van der Waals surface area contributed by atoms with Gasteiger partial charge in [0.2, 0.25) is 0 Å². The van der Waals surface area contributed by atoms with Crippen molar-refractivity contribution in [2.75, 3.05) is 11.9 Å². The molecule has 0 bridgehead atoms. The van der Waals surface area contributed by atoms with Gasteiger partial charge in [0.15, 0.2) is 5.05 Å². The maximum absolute atomic E-state index is 10.4. The fourth-order valence-electron chi connectivity index (χ4n) is 3.70. The van der Waals surface area contributed by atoms with Crippen molar-refractivity contribution in [3.63, 3.8) is 0 Å². The molecule has 0 aliphatic carbocycles. The standard InChI is InChI=1S/C21H15Cl2NOS/c1-24-16-10-3-2-6-12(16)20(21(25)26)19-13(7-4-11-17(19)24)18-14(22)8-5-9-15(18)23/h2-11,20H,1H3,(H,25,26). The fourth-order valence-corrected chi connectivity index (χ4v) is 4.55. The summed E-state index contributed by atoms with van der Waals surface area (Å²) in [5.41, 5.74) is 5.49. The van der Waals surface area contributed by atoms with E-state index in [0.29, 0.717) is 10.0 Å². The van der Waals surface area contributed by atoms with Crippen molar-refractivity contribution in [3.05, 3.63) is 81.8 Å². The van der Waals surface area contributed by atoms with E-state index in [0.717, 1.165) is 33.6 Å². The van der Waals surface area contributed by atoms with E-state index in [1.165, 1.54) is 0 Å². The van der Waals surface area contributed by atoms with Crippen LogP contribution < -0.4 is 4.90 Å². The van der Waals surface area contributed by atoms with E-state index < -0.39 is 5.92 Å². The van der Waals surface area contributed by atoms with E-state index in [9.17, 15) is 5.11 Å². The second kappa shape index (κ2) is 6.58. The van der Waals surface area contributed by atoms with Crippen LogP contribution in [0.25, 0.3) is 11.1 Å². The highest BCUT2D eigenvalue weighted by atomic mass is 35.5. The van der Waals surface area contributed by atoms with E-state index in [1.54, 1.807) is 0 Å². The van der Waals surface area contributed by atoms with Gasteiger partial charge in [-0.1, -0.05) is 59.6 Å². The highest BCUT2D eigenvalue weighted by Gasteiger charge is 2.34. The minimum absolute atomic E-state index is 0.0672. The quantitative estimate of drug-likeness (QED) is 0.481. The maximum atomic E-state index is 10.4. The van der Waals surface area contributed by atoms with Crippen LogP contribution in [0.2, 0.25) is 10.0 Å². The number of anilines is 2. The van der Waals surface area contributed by atoms with Crippen LogP contribution in [0.3, 0.4) is 0 Å². The molecule has 3 aromatic rings. The zero-order valence-corrected chi connectivity index (χ0v) is 16.2. The first-order chi connectivity index (χ1) is 12.5. The van der Waals surface area contributed by atoms with Gasteiger partial charge in [-0.15, -0.1) is 0 Å². The van der Waals surface area contributed by atoms with E-state index in [2.05, 4.69) is 4.90 Å². The number of fused-ring (bicyclic) bond motifs is 2. The molecule has 0 spiro atoms. The lowest BCUT2D eigenvalue weighted by molar-refractivity contribution is 0.544. The average Bonchev–Trinajstić information content (AvgIpc) is 2.62. The predicted octanol–water partition coefficient (Wildman–Crippen LogP) is 6.76. The lowest BCUT2D eigenvalue weighted by Crippen LogP contribution is -2.25. The molecule has 0 amide bonds. The Balaban J connectivity index is 2.08. The summed E-state index contributed by atoms with van der Waals surface area (Å²) in [7, 11) is 2.01. The first kappa shape index (κ1) is 17.3. The molecule has 4 rings (SSSR count). The number of aliphatic hydroxyl groups is 1. The molecular weight excluding hydrogens is 385 g/mol. The second-order valence-electron chi connectivity index (χ2n) is 6.22. The Morgan fingerprint density at radius 1 is 0.923 bits per heavy atom. The molecule has 0 fully saturated rings. The van der Waals surface area contributed by atoms with E-state index in [4.69, 9.17) is 35.4 Å². The third kappa shape index (κ3) is 2.59. The van der Waals surface area contributed by atoms with Crippen molar-refractivity contribution in [3.8, 4) is 11.1 Å². The van der Waals surface area contributed by atoms with Crippen LogP contribution in [0.5, 0.6) is 0 Å². The molecule has 3 aromatic carbocycles. The number of benzene rings is 3. The van der Waals surface area contributed by atoms with Gasteiger partial charge in [0, 0.05) is 34.0 Å². The smallest absolute Gasteiger partial charge is 0.168 e. The Kier molecular flexibility index (Phi) is 4.39. The zero-order chi connectivity index (χ0) is 18.4. The summed E-state index contributed by atoms with van der Waals surface area (Å²) in [4.78, 5) is 2.10. The molecule has 0 saturated heterocycles. The van der Waals surface area contributed by atoms with E-state index in [-0.39, 0.29) is 5.05 Å². The molecule has 1 atom stereocenters. The molecule has 1 heterocycles. The SMILES string of the molecule is CN1c2ccccc2C(C(O)=S)c2c(-c3c(Cl)cccc3Cl)cccc21. The van der Waals surface area contributed by atoms with Crippen molar-refractivity contribution >= 4 is 51.8 Å². The van der Waals surface area contributed by atoms with Crippen LogP contribution in [0, 0.1) is 0 Å². The van der Waals surface area contributed by atoms with Crippen molar-refractivity contribution in [1.82, 2.24) is 0 Å². The van der Waals surface area contributed by atoms with Gasteiger partial charge in [0.25, 0.3) is 0 Å². The molecule has 130 valence electrons.